The summed E-state index contributed by atoms with van der Waals surface area (Å²) in [6, 6.07) is 4.85. The first kappa shape index (κ1) is 11.1. The fourth-order valence-corrected chi connectivity index (χ4v) is 2.80. The highest BCUT2D eigenvalue weighted by Gasteiger charge is 2.16. The Hall–Kier alpha value is -0.380. The van der Waals surface area contributed by atoms with Crippen LogP contribution in [0.2, 0.25) is 0 Å². The minimum Gasteiger partial charge on any atom is -0.377 e. The van der Waals surface area contributed by atoms with Crippen LogP contribution >= 0.6 is 11.3 Å². The van der Waals surface area contributed by atoms with Gasteiger partial charge in [0.2, 0.25) is 0 Å². The third kappa shape index (κ3) is 3.03. The number of thiophene rings is 1. The van der Waals surface area contributed by atoms with Crippen molar-refractivity contribution >= 4 is 11.3 Å². The van der Waals surface area contributed by atoms with Gasteiger partial charge in [-0.05, 0) is 38.8 Å². The Morgan fingerprint density at radius 1 is 1.60 bits per heavy atom. The summed E-state index contributed by atoms with van der Waals surface area (Å²) in [7, 11) is 0. The monoisotopic (exact) mass is 225 g/mol. The highest BCUT2D eigenvalue weighted by atomic mass is 32.1. The van der Waals surface area contributed by atoms with Gasteiger partial charge in [-0.25, -0.2) is 0 Å². The van der Waals surface area contributed by atoms with E-state index in [-0.39, 0.29) is 0 Å². The molecule has 0 amide bonds. The Bertz CT molecular complexity index is 304. The van der Waals surface area contributed by atoms with Crippen molar-refractivity contribution in [2.75, 3.05) is 13.2 Å². The Kier molecular flexibility index (Phi) is 3.78. The van der Waals surface area contributed by atoms with Crippen molar-refractivity contribution in [3.05, 3.63) is 21.9 Å². The van der Waals surface area contributed by atoms with Gasteiger partial charge in [-0.15, -0.1) is 11.3 Å². The Balaban J connectivity index is 1.79. The van der Waals surface area contributed by atoms with Crippen molar-refractivity contribution in [3.8, 4) is 0 Å². The zero-order valence-corrected chi connectivity index (χ0v) is 10.3. The Morgan fingerprint density at radius 2 is 2.47 bits per heavy atom. The molecule has 2 nitrogen and oxygen atoms in total. The molecule has 1 N–H and O–H groups in total. The third-order valence-corrected chi connectivity index (χ3v) is 4.05. The number of ether oxygens (including phenoxy) is 1. The summed E-state index contributed by atoms with van der Waals surface area (Å²) in [5.74, 6) is 0. The maximum atomic E-state index is 5.59. The zero-order chi connectivity index (χ0) is 10.7. The molecule has 0 aromatic carbocycles. The van der Waals surface area contributed by atoms with Crippen LogP contribution in [0.15, 0.2) is 12.1 Å². The van der Waals surface area contributed by atoms with Crippen LogP contribution in [0.1, 0.15) is 35.6 Å². The molecule has 0 aliphatic carbocycles. The lowest BCUT2D eigenvalue weighted by molar-refractivity contribution is 0.108. The van der Waals surface area contributed by atoms with Gasteiger partial charge in [0, 0.05) is 28.9 Å². The lowest BCUT2D eigenvalue weighted by Crippen LogP contribution is -2.28. The van der Waals surface area contributed by atoms with Gasteiger partial charge in [-0.3, -0.25) is 0 Å². The van der Waals surface area contributed by atoms with E-state index in [9.17, 15) is 0 Å². The van der Waals surface area contributed by atoms with E-state index < -0.39 is 0 Å². The van der Waals surface area contributed by atoms with Crippen LogP contribution in [0.25, 0.3) is 0 Å². The Labute approximate surface area is 95.6 Å². The van der Waals surface area contributed by atoms with Crippen molar-refractivity contribution in [1.29, 1.82) is 0 Å². The summed E-state index contributed by atoms with van der Waals surface area (Å²) in [5.41, 5.74) is 0. The van der Waals surface area contributed by atoms with E-state index in [0.29, 0.717) is 12.1 Å². The van der Waals surface area contributed by atoms with Gasteiger partial charge in [0.15, 0.2) is 0 Å². The molecule has 1 aliphatic heterocycles. The maximum Gasteiger partial charge on any atom is 0.0700 e. The molecule has 0 saturated carbocycles. The summed E-state index contributed by atoms with van der Waals surface area (Å²) >= 11 is 1.88. The van der Waals surface area contributed by atoms with Crippen LogP contribution < -0.4 is 5.32 Å². The van der Waals surface area contributed by atoms with E-state index in [1.165, 1.54) is 22.6 Å². The molecule has 1 aromatic heterocycles. The molecule has 1 fully saturated rings. The average molecular weight is 225 g/mol. The predicted octanol–water partition coefficient (Wildman–Crippen LogP) is 2.89. The van der Waals surface area contributed by atoms with Gasteiger partial charge < -0.3 is 10.1 Å². The van der Waals surface area contributed by atoms with Crippen LogP contribution in [0.4, 0.5) is 0 Å². The predicted molar refractivity (Wildman–Crippen MR) is 64.4 cm³/mol. The highest BCUT2D eigenvalue weighted by Crippen LogP contribution is 2.22. The van der Waals surface area contributed by atoms with E-state index in [0.717, 1.165) is 13.2 Å². The molecule has 1 aromatic rings. The van der Waals surface area contributed by atoms with Gasteiger partial charge in [0.1, 0.15) is 0 Å². The second-order valence-electron chi connectivity index (χ2n) is 4.21. The molecule has 2 atom stereocenters. The first-order valence-electron chi connectivity index (χ1n) is 5.67. The number of nitrogens with one attached hydrogen (secondary N) is 1. The first-order valence-corrected chi connectivity index (χ1v) is 6.48. The normalized spacial score (nSPS) is 23.2. The van der Waals surface area contributed by atoms with E-state index in [4.69, 9.17) is 4.74 Å². The van der Waals surface area contributed by atoms with Gasteiger partial charge in [0.05, 0.1) is 6.10 Å². The summed E-state index contributed by atoms with van der Waals surface area (Å²) in [6.07, 6.45) is 2.87. The summed E-state index contributed by atoms with van der Waals surface area (Å²) in [5, 5.41) is 3.54. The zero-order valence-electron chi connectivity index (χ0n) is 9.45. The van der Waals surface area contributed by atoms with E-state index in [1.54, 1.807) is 0 Å². The van der Waals surface area contributed by atoms with Gasteiger partial charge in [0.25, 0.3) is 0 Å². The second kappa shape index (κ2) is 5.10. The summed E-state index contributed by atoms with van der Waals surface area (Å²) < 4.78 is 5.59. The standard InChI is InChI=1S/C12H19NOS/c1-9-5-6-12(15-9)10(2)13-8-11-4-3-7-14-11/h5-6,10-11,13H,3-4,7-8H2,1-2H3/t10-,11-/m1/s1. The maximum absolute atomic E-state index is 5.59. The fraction of sp³-hybridized carbons (Fsp3) is 0.667. The van der Waals surface area contributed by atoms with Crippen LogP contribution in [-0.2, 0) is 4.74 Å². The molecule has 0 bridgehead atoms. The van der Waals surface area contributed by atoms with Gasteiger partial charge in [-0.1, -0.05) is 0 Å². The van der Waals surface area contributed by atoms with Crippen molar-refractivity contribution in [2.24, 2.45) is 0 Å². The van der Waals surface area contributed by atoms with E-state index in [1.807, 2.05) is 11.3 Å². The highest BCUT2D eigenvalue weighted by molar-refractivity contribution is 7.12. The smallest absolute Gasteiger partial charge is 0.0700 e. The van der Waals surface area contributed by atoms with E-state index >= 15 is 0 Å². The molecule has 1 aliphatic rings. The molecule has 84 valence electrons. The molecular weight excluding hydrogens is 206 g/mol. The summed E-state index contributed by atoms with van der Waals surface area (Å²) in [4.78, 5) is 2.81. The van der Waals surface area contributed by atoms with Crippen molar-refractivity contribution in [1.82, 2.24) is 5.32 Å². The molecule has 15 heavy (non-hydrogen) atoms. The minimum atomic E-state index is 0.438. The quantitative estimate of drug-likeness (QED) is 0.850. The summed E-state index contributed by atoms with van der Waals surface area (Å²) in [6.45, 7) is 6.30. The number of hydrogen-bond donors (Lipinski definition) is 1. The number of rotatable bonds is 4. The van der Waals surface area contributed by atoms with E-state index in [2.05, 4.69) is 31.3 Å². The molecular formula is C12H19NOS. The van der Waals surface area contributed by atoms with Gasteiger partial charge >= 0.3 is 0 Å². The van der Waals surface area contributed by atoms with Crippen LogP contribution in [0.3, 0.4) is 0 Å². The molecule has 2 rings (SSSR count). The molecule has 1 saturated heterocycles. The lowest BCUT2D eigenvalue weighted by atomic mass is 10.2. The minimum absolute atomic E-state index is 0.438. The number of hydrogen-bond acceptors (Lipinski definition) is 3. The Morgan fingerprint density at radius 3 is 3.07 bits per heavy atom. The van der Waals surface area contributed by atoms with Gasteiger partial charge in [-0.2, -0.15) is 0 Å². The van der Waals surface area contributed by atoms with Crippen molar-refractivity contribution in [3.63, 3.8) is 0 Å². The fourth-order valence-electron chi connectivity index (χ4n) is 1.90. The molecule has 0 radical (unpaired) electrons. The second-order valence-corrected chi connectivity index (χ2v) is 5.53. The average Bonchev–Trinajstić information content (AvgIpc) is 2.84. The largest absolute Gasteiger partial charge is 0.377 e. The molecule has 2 heterocycles. The number of aryl methyl sites for hydroxylation is 1. The van der Waals surface area contributed by atoms with Crippen LogP contribution in [0.5, 0.6) is 0 Å². The SMILES string of the molecule is Cc1ccc([C@@H](C)NC[C@H]2CCCO2)s1. The van der Waals surface area contributed by atoms with Crippen molar-refractivity contribution < 1.29 is 4.74 Å². The van der Waals surface area contributed by atoms with Crippen LogP contribution in [0, 0.1) is 6.92 Å². The van der Waals surface area contributed by atoms with Crippen LogP contribution in [-0.4, -0.2) is 19.3 Å². The first-order chi connectivity index (χ1) is 7.25. The van der Waals surface area contributed by atoms with Crippen molar-refractivity contribution in [2.45, 2.75) is 38.8 Å². The lowest BCUT2D eigenvalue weighted by Gasteiger charge is -2.15. The molecule has 3 heteroatoms. The molecule has 0 unspecified atom stereocenters. The topological polar surface area (TPSA) is 21.3 Å². The third-order valence-electron chi connectivity index (χ3n) is 2.86. The molecule has 0 spiro atoms.